The average molecular weight is 219 g/mol. The predicted molar refractivity (Wildman–Crippen MR) is 66.0 cm³/mol. The van der Waals surface area contributed by atoms with Gasteiger partial charge in [0.05, 0.1) is 6.10 Å². The Morgan fingerprint density at radius 2 is 1.53 bits per heavy atom. The highest BCUT2D eigenvalue weighted by atomic mass is 16.6. The normalized spacial score (nSPS) is 29.8. The van der Waals surface area contributed by atoms with Crippen LogP contribution in [0.1, 0.15) is 47.5 Å². The molecular weight excluding hydrogens is 190 g/mol. The average Bonchev–Trinajstić information content (AvgIpc) is 2.22. The number of aliphatic hydroxyl groups is 1. The molecule has 3 heteroatoms. The summed E-state index contributed by atoms with van der Waals surface area (Å²) in [5.41, 5.74) is 0. The molecule has 1 fully saturated rings. The molecule has 0 aromatic rings. The standard InChI is InChI=1S/C8H17NO2.2C2H6/c1-6-4-7(9(2)3)5-8(10)11-6;2*1-2/h6-8,10H,4-5H2,1-3H3;2*1-2H3/t6-,7+,8?;;/m1../s1. The first-order valence-electron chi connectivity index (χ1n) is 6.09. The van der Waals surface area contributed by atoms with Gasteiger partial charge in [-0.2, -0.15) is 0 Å². The van der Waals surface area contributed by atoms with Crippen LogP contribution in [0.15, 0.2) is 0 Å². The Morgan fingerprint density at radius 3 is 1.87 bits per heavy atom. The summed E-state index contributed by atoms with van der Waals surface area (Å²) in [5, 5.41) is 9.25. The summed E-state index contributed by atoms with van der Waals surface area (Å²) in [5.74, 6) is 0. The van der Waals surface area contributed by atoms with Gasteiger partial charge in [0.1, 0.15) is 0 Å². The first kappa shape index (κ1) is 17.3. The van der Waals surface area contributed by atoms with Gasteiger partial charge in [-0.05, 0) is 27.4 Å². The lowest BCUT2D eigenvalue weighted by Gasteiger charge is -2.34. The van der Waals surface area contributed by atoms with Crippen molar-refractivity contribution in [3.63, 3.8) is 0 Å². The number of rotatable bonds is 1. The highest BCUT2D eigenvalue weighted by molar-refractivity contribution is 4.75. The topological polar surface area (TPSA) is 32.7 Å². The Labute approximate surface area is 95.4 Å². The minimum atomic E-state index is -0.564. The van der Waals surface area contributed by atoms with E-state index in [1.165, 1.54) is 0 Å². The van der Waals surface area contributed by atoms with Crippen molar-refractivity contribution in [1.82, 2.24) is 4.90 Å². The molecular formula is C12H29NO2. The molecule has 3 nitrogen and oxygen atoms in total. The van der Waals surface area contributed by atoms with E-state index in [0.717, 1.165) is 12.8 Å². The van der Waals surface area contributed by atoms with Gasteiger partial charge in [-0.15, -0.1) is 0 Å². The number of aliphatic hydroxyl groups excluding tert-OH is 1. The van der Waals surface area contributed by atoms with Gasteiger partial charge in [0.2, 0.25) is 0 Å². The first-order valence-corrected chi connectivity index (χ1v) is 6.09. The second-order valence-electron chi connectivity index (χ2n) is 3.49. The highest BCUT2D eigenvalue weighted by Gasteiger charge is 2.26. The molecule has 0 aromatic heterocycles. The molecule has 0 aliphatic carbocycles. The third-order valence-electron chi connectivity index (χ3n) is 2.20. The van der Waals surface area contributed by atoms with Crippen molar-refractivity contribution >= 4 is 0 Å². The number of hydrogen-bond acceptors (Lipinski definition) is 3. The van der Waals surface area contributed by atoms with Gasteiger partial charge in [0.25, 0.3) is 0 Å². The molecule has 0 saturated carbocycles. The number of hydrogen-bond donors (Lipinski definition) is 1. The fraction of sp³-hybridized carbons (Fsp3) is 1.00. The third kappa shape index (κ3) is 7.77. The van der Waals surface area contributed by atoms with E-state index in [0.29, 0.717) is 6.04 Å². The summed E-state index contributed by atoms with van der Waals surface area (Å²) in [6.45, 7) is 10.00. The molecule has 1 aliphatic rings. The quantitative estimate of drug-likeness (QED) is 0.735. The zero-order chi connectivity index (χ0) is 12.4. The molecule has 1 N–H and O–H groups in total. The predicted octanol–water partition coefficient (Wildman–Crippen LogP) is 2.49. The maximum Gasteiger partial charge on any atom is 0.156 e. The molecule has 3 atom stereocenters. The van der Waals surface area contributed by atoms with Crippen LogP contribution in [-0.4, -0.2) is 42.5 Å². The Balaban J connectivity index is 0. The second kappa shape index (κ2) is 10.4. The van der Waals surface area contributed by atoms with Crippen molar-refractivity contribution in [2.75, 3.05) is 14.1 Å². The Hall–Kier alpha value is -0.120. The molecule has 1 saturated heterocycles. The van der Waals surface area contributed by atoms with Crippen molar-refractivity contribution in [2.24, 2.45) is 0 Å². The van der Waals surface area contributed by atoms with E-state index < -0.39 is 6.29 Å². The lowest BCUT2D eigenvalue weighted by molar-refractivity contribution is -0.172. The lowest BCUT2D eigenvalue weighted by Crippen LogP contribution is -2.41. The van der Waals surface area contributed by atoms with Crippen LogP contribution in [0.2, 0.25) is 0 Å². The van der Waals surface area contributed by atoms with Crippen molar-refractivity contribution in [3.8, 4) is 0 Å². The zero-order valence-electron chi connectivity index (χ0n) is 11.4. The van der Waals surface area contributed by atoms with E-state index >= 15 is 0 Å². The van der Waals surface area contributed by atoms with Crippen LogP contribution in [-0.2, 0) is 4.74 Å². The van der Waals surface area contributed by atoms with E-state index in [2.05, 4.69) is 4.90 Å². The molecule has 0 bridgehead atoms. The SMILES string of the molecule is CC.CC.C[C@@H]1C[C@H](N(C)C)CC(O)O1. The van der Waals surface area contributed by atoms with Crippen LogP contribution in [0.5, 0.6) is 0 Å². The van der Waals surface area contributed by atoms with Crippen molar-refractivity contribution in [1.29, 1.82) is 0 Å². The van der Waals surface area contributed by atoms with E-state index in [1.54, 1.807) is 0 Å². The van der Waals surface area contributed by atoms with Gasteiger partial charge in [0, 0.05) is 12.5 Å². The molecule has 0 aromatic carbocycles. The van der Waals surface area contributed by atoms with Gasteiger partial charge >= 0.3 is 0 Å². The summed E-state index contributed by atoms with van der Waals surface area (Å²) in [4.78, 5) is 2.14. The van der Waals surface area contributed by atoms with Gasteiger partial charge in [-0.1, -0.05) is 27.7 Å². The molecule has 1 aliphatic heterocycles. The molecule has 1 heterocycles. The molecule has 0 amide bonds. The van der Waals surface area contributed by atoms with Gasteiger partial charge in [0.15, 0.2) is 6.29 Å². The summed E-state index contributed by atoms with van der Waals surface area (Å²) < 4.78 is 5.20. The Morgan fingerprint density at radius 1 is 1.07 bits per heavy atom. The zero-order valence-corrected chi connectivity index (χ0v) is 11.4. The molecule has 94 valence electrons. The van der Waals surface area contributed by atoms with Crippen molar-refractivity contribution < 1.29 is 9.84 Å². The lowest BCUT2D eigenvalue weighted by atomic mass is 10.0. The summed E-state index contributed by atoms with van der Waals surface area (Å²) in [7, 11) is 4.07. The maximum absolute atomic E-state index is 9.25. The molecule has 1 rings (SSSR count). The smallest absolute Gasteiger partial charge is 0.156 e. The highest BCUT2D eigenvalue weighted by Crippen LogP contribution is 2.20. The van der Waals surface area contributed by atoms with E-state index in [4.69, 9.17) is 4.74 Å². The molecule has 15 heavy (non-hydrogen) atoms. The van der Waals surface area contributed by atoms with Gasteiger partial charge < -0.3 is 14.7 Å². The molecule has 0 spiro atoms. The van der Waals surface area contributed by atoms with Crippen LogP contribution < -0.4 is 0 Å². The third-order valence-corrected chi connectivity index (χ3v) is 2.20. The summed E-state index contributed by atoms with van der Waals surface area (Å²) >= 11 is 0. The van der Waals surface area contributed by atoms with Crippen LogP contribution in [0.4, 0.5) is 0 Å². The number of nitrogens with zero attached hydrogens (tertiary/aromatic N) is 1. The molecule has 1 unspecified atom stereocenters. The fourth-order valence-electron chi connectivity index (χ4n) is 1.51. The summed E-state index contributed by atoms with van der Waals surface area (Å²) in [6.07, 6.45) is 1.37. The first-order chi connectivity index (χ1) is 7.09. The van der Waals surface area contributed by atoms with E-state index in [-0.39, 0.29) is 6.10 Å². The monoisotopic (exact) mass is 219 g/mol. The Bertz CT molecular complexity index is 119. The van der Waals surface area contributed by atoms with Crippen molar-refractivity contribution in [2.45, 2.75) is 65.9 Å². The molecule has 0 radical (unpaired) electrons. The largest absolute Gasteiger partial charge is 0.368 e. The maximum atomic E-state index is 9.25. The van der Waals surface area contributed by atoms with Crippen LogP contribution >= 0.6 is 0 Å². The van der Waals surface area contributed by atoms with E-state index in [9.17, 15) is 5.11 Å². The fourth-order valence-corrected chi connectivity index (χ4v) is 1.51. The van der Waals surface area contributed by atoms with Crippen LogP contribution in [0.25, 0.3) is 0 Å². The van der Waals surface area contributed by atoms with Gasteiger partial charge in [-0.3, -0.25) is 0 Å². The van der Waals surface area contributed by atoms with Crippen LogP contribution in [0, 0.1) is 0 Å². The Kier molecular flexibility index (Phi) is 12.0. The van der Waals surface area contributed by atoms with Crippen LogP contribution in [0.3, 0.4) is 0 Å². The van der Waals surface area contributed by atoms with Gasteiger partial charge in [-0.25, -0.2) is 0 Å². The minimum Gasteiger partial charge on any atom is -0.368 e. The number of ether oxygens (including phenoxy) is 1. The minimum absolute atomic E-state index is 0.186. The summed E-state index contributed by atoms with van der Waals surface area (Å²) in [6, 6.07) is 0.466. The van der Waals surface area contributed by atoms with Crippen molar-refractivity contribution in [3.05, 3.63) is 0 Å². The second-order valence-corrected chi connectivity index (χ2v) is 3.49. The van der Waals surface area contributed by atoms with E-state index in [1.807, 2.05) is 48.7 Å².